The van der Waals surface area contributed by atoms with Crippen molar-refractivity contribution in [3.8, 4) is 11.5 Å². The zero-order valence-corrected chi connectivity index (χ0v) is 18.9. The van der Waals surface area contributed by atoms with Gasteiger partial charge in [-0.1, -0.05) is 0 Å². The summed E-state index contributed by atoms with van der Waals surface area (Å²) >= 11 is 12.0. The van der Waals surface area contributed by atoms with Crippen LogP contribution in [0.15, 0.2) is 21.7 Å². The highest BCUT2D eigenvalue weighted by Gasteiger charge is 2.23. The van der Waals surface area contributed by atoms with E-state index in [0.717, 1.165) is 15.8 Å². The van der Waals surface area contributed by atoms with E-state index in [1.807, 2.05) is 19.1 Å². The number of benzene rings is 1. The third kappa shape index (κ3) is 4.55. The number of nitrogens with zero attached hydrogens (tertiary/aromatic N) is 5. The standard InChI is InChI=1S/C20H25Cl2N5O4/c1-12-7-14-16(8-15(12)26(5-3-21)6-4-22)27(9-13(10-28)11-29)18-17(23-14)19(30)25(2)20(31)24-18/h7-8,13,28-29H,3-6,9-11H2,1-2H3. The molecule has 0 saturated carbocycles. The van der Waals surface area contributed by atoms with Gasteiger partial charge in [-0.05, 0) is 24.6 Å². The minimum absolute atomic E-state index is 0.0507. The van der Waals surface area contributed by atoms with Crippen LogP contribution >= 0.6 is 23.2 Å². The van der Waals surface area contributed by atoms with Crippen molar-refractivity contribution in [1.82, 2.24) is 19.1 Å². The van der Waals surface area contributed by atoms with E-state index in [0.29, 0.717) is 35.9 Å². The van der Waals surface area contributed by atoms with Crippen molar-refractivity contribution in [3.63, 3.8) is 0 Å². The largest absolute Gasteiger partial charge is 0.396 e. The number of aromatic nitrogens is 4. The van der Waals surface area contributed by atoms with Crippen molar-refractivity contribution in [1.29, 1.82) is 0 Å². The lowest BCUT2D eigenvalue weighted by atomic mass is 10.1. The summed E-state index contributed by atoms with van der Waals surface area (Å²) in [4.78, 5) is 35.6. The Morgan fingerprint density at radius 2 is 1.74 bits per heavy atom. The van der Waals surface area contributed by atoms with Crippen LogP contribution in [0.25, 0.3) is 22.6 Å². The molecular weight excluding hydrogens is 445 g/mol. The summed E-state index contributed by atoms with van der Waals surface area (Å²) in [6.07, 6.45) is 0. The Kier molecular flexibility index (Phi) is 7.53. The molecule has 0 saturated heterocycles. The number of hydrogen-bond acceptors (Lipinski definition) is 7. The summed E-state index contributed by atoms with van der Waals surface area (Å²) in [6.45, 7) is 2.71. The maximum absolute atomic E-state index is 12.7. The number of rotatable bonds is 9. The fourth-order valence-electron chi connectivity index (χ4n) is 3.57. The Hall–Kier alpha value is -2.20. The number of alkyl halides is 2. The molecule has 9 nitrogen and oxygen atoms in total. The molecule has 2 aliphatic heterocycles. The van der Waals surface area contributed by atoms with Crippen LogP contribution in [-0.2, 0) is 13.6 Å². The van der Waals surface area contributed by atoms with E-state index < -0.39 is 17.2 Å². The molecule has 0 aromatic heterocycles. The Labute approximate surface area is 188 Å². The molecule has 1 aromatic rings. The molecule has 0 fully saturated rings. The van der Waals surface area contributed by atoms with E-state index in [2.05, 4.69) is 14.9 Å². The third-order valence-corrected chi connectivity index (χ3v) is 5.62. The molecule has 31 heavy (non-hydrogen) atoms. The number of fused-ring (bicyclic) bond motifs is 2. The van der Waals surface area contributed by atoms with Gasteiger partial charge in [-0.2, -0.15) is 4.98 Å². The molecule has 2 aliphatic rings. The van der Waals surface area contributed by atoms with Gasteiger partial charge in [0.15, 0.2) is 11.5 Å². The fraction of sp³-hybridized carbons (Fsp3) is 0.500. The first-order valence-electron chi connectivity index (χ1n) is 9.86. The molecule has 2 heterocycles. The second-order valence-corrected chi connectivity index (χ2v) is 8.13. The second kappa shape index (κ2) is 9.95. The van der Waals surface area contributed by atoms with Gasteiger partial charge >= 0.3 is 5.69 Å². The predicted octanol–water partition coefficient (Wildman–Crippen LogP) is 0.788. The highest BCUT2D eigenvalue weighted by Crippen LogP contribution is 2.29. The highest BCUT2D eigenvalue weighted by atomic mass is 35.5. The molecule has 0 unspecified atom stereocenters. The van der Waals surface area contributed by atoms with Crippen LogP contribution in [0.3, 0.4) is 0 Å². The van der Waals surface area contributed by atoms with Crippen molar-refractivity contribution >= 4 is 39.9 Å². The van der Waals surface area contributed by atoms with E-state index in [4.69, 9.17) is 23.2 Å². The lowest BCUT2D eigenvalue weighted by molar-refractivity contribution is 0.138. The molecule has 168 valence electrons. The van der Waals surface area contributed by atoms with E-state index >= 15 is 0 Å². The lowest BCUT2D eigenvalue weighted by Gasteiger charge is -2.27. The Morgan fingerprint density at radius 3 is 2.32 bits per heavy atom. The summed E-state index contributed by atoms with van der Waals surface area (Å²) in [5.74, 6) is 0.437. The van der Waals surface area contributed by atoms with Gasteiger partial charge in [0.2, 0.25) is 0 Å². The van der Waals surface area contributed by atoms with Crippen molar-refractivity contribution in [2.24, 2.45) is 13.0 Å². The molecule has 1 aromatic carbocycles. The van der Waals surface area contributed by atoms with Crippen molar-refractivity contribution in [3.05, 3.63) is 38.5 Å². The average molecular weight is 470 g/mol. The van der Waals surface area contributed by atoms with Crippen molar-refractivity contribution < 1.29 is 10.2 Å². The summed E-state index contributed by atoms with van der Waals surface area (Å²) in [5.41, 5.74) is 1.77. The van der Waals surface area contributed by atoms with Gasteiger partial charge in [0, 0.05) is 63.3 Å². The molecule has 0 radical (unpaired) electrons. The van der Waals surface area contributed by atoms with E-state index in [9.17, 15) is 19.8 Å². The first-order chi connectivity index (χ1) is 14.9. The number of aliphatic hydroxyl groups excluding tert-OH is 2. The number of aliphatic hydroxyl groups is 2. The smallest absolute Gasteiger partial charge is 0.352 e. The third-order valence-electron chi connectivity index (χ3n) is 5.29. The Bertz CT molecular complexity index is 1150. The van der Waals surface area contributed by atoms with Crippen LogP contribution < -0.4 is 16.1 Å². The Balaban J connectivity index is 2.39. The summed E-state index contributed by atoms with van der Waals surface area (Å²) in [6, 6.07) is 3.75. The van der Waals surface area contributed by atoms with Crippen LogP contribution in [0.1, 0.15) is 5.56 Å². The van der Waals surface area contributed by atoms with Gasteiger partial charge in [-0.15, -0.1) is 23.2 Å². The van der Waals surface area contributed by atoms with Crippen LogP contribution in [0.4, 0.5) is 5.69 Å². The molecule has 0 aliphatic carbocycles. The fourth-order valence-corrected chi connectivity index (χ4v) is 3.98. The maximum Gasteiger partial charge on any atom is 0.352 e. The SMILES string of the molecule is Cc1cc2nc3c(=O)n(C)c(=O)nc-3n(CC(CO)CO)c2cc1N(CCCl)CCCl. The van der Waals surface area contributed by atoms with E-state index in [-0.39, 0.29) is 31.3 Å². The monoisotopic (exact) mass is 469 g/mol. The lowest BCUT2D eigenvalue weighted by Crippen LogP contribution is -2.37. The zero-order valence-electron chi connectivity index (χ0n) is 17.4. The van der Waals surface area contributed by atoms with Crippen LogP contribution in [0.2, 0.25) is 0 Å². The van der Waals surface area contributed by atoms with Gasteiger partial charge in [-0.25, -0.2) is 9.78 Å². The van der Waals surface area contributed by atoms with Gasteiger partial charge in [0.25, 0.3) is 5.56 Å². The zero-order chi connectivity index (χ0) is 22.7. The molecule has 3 rings (SSSR count). The van der Waals surface area contributed by atoms with Gasteiger partial charge < -0.3 is 19.7 Å². The van der Waals surface area contributed by atoms with Gasteiger partial charge in [-0.3, -0.25) is 9.36 Å². The number of hydrogen-bond donors (Lipinski definition) is 2. The molecule has 0 atom stereocenters. The molecule has 0 bridgehead atoms. The summed E-state index contributed by atoms with van der Waals surface area (Å²) in [7, 11) is 1.35. The van der Waals surface area contributed by atoms with Crippen molar-refractivity contribution in [2.45, 2.75) is 13.5 Å². The van der Waals surface area contributed by atoms with Crippen LogP contribution in [-0.4, -0.2) is 67.4 Å². The molecular formula is C20H25Cl2N5O4. The summed E-state index contributed by atoms with van der Waals surface area (Å²) < 4.78 is 2.57. The first kappa shape index (κ1) is 23.5. The topological polar surface area (TPSA) is 113 Å². The first-order valence-corrected chi connectivity index (χ1v) is 10.9. The van der Waals surface area contributed by atoms with Gasteiger partial charge in [0.1, 0.15) is 0 Å². The van der Waals surface area contributed by atoms with Crippen molar-refractivity contribution in [2.75, 3.05) is 43.0 Å². The normalized spacial score (nSPS) is 11.7. The minimum atomic E-state index is -0.699. The van der Waals surface area contributed by atoms with E-state index in [1.54, 1.807) is 4.57 Å². The number of halogens is 2. The van der Waals surface area contributed by atoms with Crippen LogP contribution in [0, 0.1) is 12.8 Å². The Morgan fingerprint density at radius 1 is 1.10 bits per heavy atom. The number of aryl methyl sites for hydroxylation is 1. The predicted molar refractivity (Wildman–Crippen MR) is 122 cm³/mol. The second-order valence-electron chi connectivity index (χ2n) is 7.38. The minimum Gasteiger partial charge on any atom is -0.396 e. The average Bonchev–Trinajstić information content (AvgIpc) is 2.75. The highest BCUT2D eigenvalue weighted by molar-refractivity contribution is 6.18. The molecule has 11 heteroatoms. The summed E-state index contributed by atoms with van der Waals surface area (Å²) in [5, 5.41) is 19.3. The van der Waals surface area contributed by atoms with Crippen LogP contribution in [0.5, 0.6) is 0 Å². The molecule has 0 spiro atoms. The quantitative estimate of drug-likeness (QED) is 0.351. The molecule has 2 N–H and O–H groups in total. The maximum atomic E-state index is 12.7. The molecule has 0 amide bonds. The number of anilines is 1. The van der Waals surface area contributed by atoms with E-state index in [1.165, 1.54) is 7.05 Å². The van der Waals surface area contributed by atoms with Gasteiger partial charge in [0.05, 0.1) is 11.0 Å².